The summed E-state index contributed by atoms with van der Waals surface area (Å²) in [5.74, 6) is 3.39. The maximum absolute atomic E-state index is 4.68. The smallest absolute Gasteiger partial charge is 0.194 e. The largest absolute Gasteiger partial charge is 0.351 e. The van der Waals surface area contributed by atoms with Crippen LogP contribution in [0.2, 0.25) is 0 Å². The normalized spacial score (nSPS) is 20.0. The molecule has 6 heteroatoms. The average Bonchev–Trinajstić information content (AvgIpc) is 2.97. The molecule has 0 radical (unpaired) electrons. The molecule has 1 atom stereocenters. The van der Waals surface area contributed by atoms with Crippen molar-refractivity contribution in [3.63, 3.8) is 0 Å². The quantitative estimate of drug-likeness (QED) is 0.673. The fourth-order valence-corrected chi connectivity index (χ4v) is 4.58. The Bertz CT molecular complexity index is 496. The van der Waals surface area contributed by atoms with E-state index in [1.54, 1.807) is 11.3 Å². The van der Waals surface area contributed by atoms with Gasteiger partial charge in [-0.15, -0.1) is 11.3 Å². The molecule has 22 heavy (non-hydrogen) atoms. The molecule has 0 amide bonds. The zero-order chi connectivity index (χ0) is 16.1. The third kappa shape index (κ3) is 4.62. The van der Waals surface area contributed by atoms with E-state index in [0.717, 1.165) is 31.3 Å². The average molecular weight is 341 g/mol. The van der Waals surface area contributed by atoms with Gasteiger partial charge in [-0.2, -0.15) is 11.8 Å². The van der Waals surface area contributed by atoms with Crippen molar-refractivity contribution < 1.29 is 0 Å². The van der Waals surface area contributed by atoms with Gasteiger partial charge in [0.25, 0.3) is 0 Å². The first-order chi connectivity index (χ1) is 10.5. The molecule has 124 valence electrons. The molecule has 0 aliphatic carbocycles. The summed E-state index contributed by atoms with van der Waals surface area (Å²) in [5.41, 5.74) is 1.11. The van der Waals surface area contributed by atoms with Gasteiger partial charge in [0.2, 0.25) is 0 Å². The van der Waals surface area contributed by atoms with Gasteiger partial charge in [-0.1, -0.05) is 27.7 Å². The molecule has 1 fully saturated rings. The van der Waals surface area contributed by atoms with Gasteiger partial charge in [0.1, 0.15) is 0 Å². The first-order valence-electron chi connectivity index (χ1n) is 8.02. The van der Waals surface area contributed by atoms with Gasteiger partial charge in [-0.05, 0) is 5.92 Å². The van der Waals surface area contributed by atoms with Crippen LogP contribution in [0.1, 0.15) is 44.3 Å². The number of hydrogen-bond donors (Lipinski definition) is 1. The Morgan fingerprint density at radius 2 is 2.23 bits per heavy atom. The fraction of sp³-hybridized carbons (Fsp3) is 0.750. The van der Waals surface area contributed by atoms with E-state index in [1.807, 2.05) is 7.05 Å². The van der Waals surface area contributed by atoms with Gasteiger partial charge < -0.3 is 10.2 Å². The van der Waals surface area contributed by atoms with Crippen LogP contribution in [0.5, 0.6) is 0 Å². The Morgan fingerprint density at radius 1 is 1.45 bits per heavy atom. The minimum Gasteiger partial charge on any atom is -0.351 e. The van der Waals surface area contributed by atoms with Gasteiger partial charge in [-0.25, -0.2) is 4.98 Å². The van der Waals surface area contributed by atoms with Crippen LogP contribution in [-0.4, -0.2) is 47.0 Å². The summed E-state index contributed by atoms with van der Waals surface area (Å²) in [6.07, 6.45) is 0. The molecule has 0 bridgehead atoms. The highest BCUT2D eigenvalue weighted by Crippen LogP contribution is 2.25. The number of hydrogen-bond acceptors (Lipinski definition) is 4. The second kappa shape index (κ2) is 8.20. The molecule has 1 aliphatic rings. The number of guanidine groups is 1. The lowest BCUT2D eigenvalue weighted by molar-refractivity contribution is 0.380. The Labute approximate surface area is 142 Å². The zero-order valence-corrected chi connectivity index (χ0v) is 15.9. The molecule has 2 rings (SSSR count). The summed E-state index contributed by atoms with van der Waals surface area (Å²) in [7, 11) is 1.87. The summed E-state index contributed by atoms with van der Waals surface area (Å²) in [5, 5.41) is 7.53. The fourth-order valence-electron chi connectivity index (χ4n) is 2.44. The van der Waals surface area contributed by atoms with E-state index in [-0.39, 0.29) is 0 Å². The summed E-state index contributed by atoms with van der Waals surface area (Å²) in [6, 6.07) is 0. The highest BCUT2D eigenvalue weighted by Gasteiger charge is 2.24. The van der Waals surface area contributed by atoms with E-state index < -0.39 is 0 Å². The lowest BCUT2D eigenvalue weighted by Gasteiger charge is -2.36. The predicted molar refractivity (Wildman–Crippen MR) is 99.1 cm³/mol. The van der Waals surface area contributed by atoms with Crippen molar-refractivity contribution >= 4 is 29.1 Å². The Balaban J connectivity index is 1.91. The summed E-state index contributed by atoms with van der Waals surface area (Å²) >= 11 is 3.84. The number of thiazole rings is 1. The van der Waals surface area contributed by atoms with E-state index in [9.17, 15) is 0 Å². The van der Waals surface area contributed by atoms with Gasteiger partial charge >= 0.3 is 0 Å². The SMILES string of the molecule is CN=C(NCc1csc(C(C)C)n1)N1CCSC(C(C)C)C1. The van der Waals surface area contributed by atoms with Crippen molar-refractivity contribution in [1.82, 2.24) is 15.2 Å². The maximum Gasteiger partial charge on any atom is 0.194 e. The molecular formula is C16H28N4S2. The van der Waals surface area contributed by atoms with E-state index >= 15 is 0 Å². The van der Waals surface area contributed by atoms with Crippen LogP contribution < -0.4 is 5.32 Å². The van der Waals surface area contributed by atoms with Gasteiger partial charge in [-0.3, -0.25) is 4.99 Å². The zero-order valence-electron chi connectivity index (χ0n) is 14.3. The Kier molecular flexibility index (Phi) is 6.56. The van der Waals surface area contributed by atoms with Crippen molar-refractivity contribution in [1.29, 1.82) is 0 Å². The molecule has 1 aromatic rings. The first kappa shape index (κ1) is 17.6. The summed E-state index contributed by atoms with van der Waals surface area (Å²) in [6.45, 7) is 11.9. The highest BCUT2D eigenvalue weighted by atomic mass is 32.2. The van der Waals surface area contributed by atoms with Crippen molar-refractivity contribution in [2.75, 3.05) is 25.9 Å². The topological polar surface area (TPSA) is 40.5 Å². The van der Waals surface area contributed by atoms with Crippen molar-refractivity contribution in [2.45, 2.75) is 45.4 Å². The minimum atomic E-state index is 0.504. The molecule has 2 heterocycles. The number of nitrogens with one attached hydrogen (secondary N) is 1. The Morgan fingerprint density at radius 3 is 2.82 bits per heavy atom. The molecule has 0 aromatic carbocycles. The van der Waals surface area contributed by atoms with E-state index in [4.69, 9.17) is 0 Å². The number of aliphatic imine (C=N–C) groups is 1. The van der Waals surface area contributed by atoms with Crippen LogP contribution in [-0.2, 0) is 6.54 Å². The second-order valence-electron chi connectivity index (χ2n) is 6.33. The van der Waals surface area contributed by atoms with Crippen LogP contribution >= 0.6 is 23.1 Å². The Hall–Kier alpha value is -0.750. The standard InChI is InChI=1S/C16H28N4S2/c1-11(2)14-9-20(6-7-21-14)16(17-5)18-8-13-10-22-15(19-13)12(3)4/h10-12,14H,6-9H2,1-5H3,(H,17,18). The van der Waals surface area contributed by atoms with Crippen molar-refractivity contribution in [2.24, 2.45) is 10.9 Å². The molecule has 1 N–H and O–H groups in total. The van der Waals surface area contributed by atoms with Crippen LogP contribution in [0.4, 0.5) is 0 Å². The molecule has 4 nitrogen and oxygen atoms in total. The lowest BCUT2D eigenvalue weighted by atomic mass is 10.1. The molecule has 1 saturated heterocycles. The summed E-state index contributed by atoms with van der Waals surface area (Å²) < 4.78 is 0. The predicted octanol–water partition coefficient (Wildman–Crippen LogP) is 3.42. The van der Waals surface area contributed by atoms with E-state index in [1.165, 1.54) is 10.8 Å². The van der Waals surface area contributed by atoms with Gasteiger partial charge in [0.15, 0.2) is 5.96 Å². The number of nitrogens with zero attached hydrogens (tertiary/aromatic N) is 3. The van der Waals surface area contributed by atoms with E-state index in [2.05, 4.69) is 65.0 Å². The van der Waals surface area contributed by atoms with Gasteiger partial charge in [0, 0.05) is 42.4 Å². The van der Waals surface area contributed by atoms with Crippen LogP contribution in [0.25, 0.3) is 0 Å². The lowest BCUT2D eigenvalue weighted by Crippen LogP contribution is -2.48. The number of aromatic nitrogens is 1. The number of rotatable bonds is 4. The molecule has 0 saturated carbocycles. The molecule has 0 spiro atoms. The minimum absolute atomic E-state index is 0.504. The molecule has 1 aromatic heterocycles. The van der Waals surface area contributed by atoms with Crippen molar-refractivity contribution in [3.05, 3.63) is 16.1 Å². The van der Waals surface area contributed by atoms with Crippen LogP contribution in [0, 0.1) is 5.92 Å². The van der Waals surface area contributed by atoms with E-state index in [0.29, 0.717) is 17.1 Å². The third-order valence-corrected chi connectivity index (χ3v) is 6.57. The molecule has 1 aliphatic heterocycles. The van der Waals surface area contributed by atoms with Gasteiger partial charge in [0.05, 0.1) is 17.2 Å². The molecule has 1 unspecified atom stereocenters. The maximum atomic E-state index is 4.68. The highest BCUT2D eigenvalue weighted by molar-refractivity contribution is 8.00. The summed E-state index contributed by atoms with van der Waals surface area (Å²) in [4.78, 5) is 11.5. The third-order valence-electron chi connectivity index (χ3n) is 3.84. The second-order valence-corrected chi connectivity index (χ2v) is 8.57. The number of thioether (sulfide) groups is 1. The van der Waals surface area contributed by atoms with Crippen LogP contribution in [0.15, 0.2) is 10.4 Å². The first-order valence-corrected chi connectivity index (χ1v) is 9.95. The van der Waals surface area contributed by atoms with Crippen molar-refractivity contribution in [3.8, 4) is 0 Å². The van der Waals surface area contributed by atoms with Crippen LogP contribution in [0.3, 0.4) is 0 Å². The monoisotopic (exact) mass is 340 g/mol. The molecular weight excluding hydrogens is 312 g/mol.